The zero-order valence-corrected chi connectivity index (χ0v) is 16.2. The second-order valence-electron chi connectivity index (χ2n) is 7.42. The number of benzene rings is 1. The monoisotopic (exact) mass is 373 g/mol. The molecular formula is C21H28FN3O2. The van der Waals surface area contributed by atoms with Gasteiger partial charge < -0.3 is 10.5 Å². The lowest BCUT2D eigenvalue weighted by atomic mass is 9.89. The fourth-order valence-electron chi connectivity index (χ4n) is 2.99. The quantitative estimate of drug-likeness (QED) is 0.407. The number of hydrogen-bond acceptors (Lipinski definition) is 4. The predicted octanol–water partition coefficient (Wildman–Crippen LogP) is 4.17. The molecule has 146 valence electrons. The van der Waals surface area contributed by atoms with Gasteiger partial charge in [0.1, 0.15) is 6.10 Å². The highest BCUT2D eigenvalue weighted by atomic mass is 19.1. The van der Waals surface area contributed by atoms with Gasteiger partial charge in [-0.05, 0) is 31.2 Å². The van der Waals surface area contributed by atoms with Crippen molar-refractivity contribution in [3.63, 3.8) is 0 Å². The number of allylic oxidation sites excluding steroid dienone is 2. The molecule has 0 radical (unpaired) electrons. The van der Waals surface area contributed by atoms with Crippen molar-refractivity contribution in [1.82, 2.24) is 0 Å². The van der Waals surface area contributed by atoms with E-state index in [1.807, 2.05) is 44.2 Å². The second kappa shape index (κ2) is 8.93. The molecule has 1 aliphatic heterocycles. The normalized spacial score (nSPS) is 23.1. The number of carbonyl (C=O) groups is 1. The van der Waals surface area contributed by atoms with E-state index in [-0.39, 0.29) is 36.4 Å². The van der Waals surface area contributed by atoms with Crippen molar-refractivity contribution in [1.29, 1.82) is 5.41 Å². The smallest absolute Gasteiger partial charge is 0.334 e. The van der Waals surface area contributed by atoms with E-state index in [1.54, 1.807) is 6.92 Å². The lowest BCUT2D eigenvalue weighted by molar-refractivity contribution is -0.155. The van der Waals surface area contributed by atoms with Gasteiger partial charge in [-0.3, -0.25) is 10.4 Å². The van der Waals surface area contributed by atoms with E-state index in [4.69, 9.17) is 20.9 Å². The topological polar surface area (TPSA) is 88.5 Å². The number of aliphatic imine (C=N–C) groups is 1. The van der Waals surface area contributed by atoms with Crippen molar-refractivity contribution in [3.05, 3.63) is 47.8 Å². The molecule has 0 aliphatic carbocycles. The van der Waals surface area contributed by atoms with Crippen LogP contribution in [-0.2, 0) is 9.53 Å². The number of halogens is 1. The summed E-state index contributed by atoms with van der Waals surface area (Å²) in [7, 11) is 0. The van der Waals surface area contributed by atoms with Crippen LogP contribution in [0.15, 0.2) is 47.2 Å². The molecule has 2 atom stereocenters. The minimum Gasteiger partial charge on any atom is -0.454 e. The maximum atomic E-state index is 13.8. The van der Waals surface area contributed by atoms with Crippen molar-refractivity contribution in [2.24, 2.45) is 16.6 Å². The van der Waals surface area contributed by atoms with E-state index in [9.17, 15) is 9.18 Å². The first kappa shape index (κ1) is 20.8. The maximum Gasteiger partial charge on any atom is 0.334 e. The number of esters is 1. The minimum absolute atomic E-state index is 0.0433. The summed E-state index contributed by atoms with van der Waals surface area (Å²) in [6.07, 6.45) is 2.04. The zero-order chi connectivity index (χ0) is 20.0. The lowest BCUT2D eigenvalue weighted by Gasteiger charge is -2.35. The maximum absolute atomic E-state index is 13.8. The van der Waals surface area contributed by atoms with Gasteiger partial charge in [-0.25, -0.2) is 9.18 Å². The Labute approximate surface area is 160 Å². The van der Waals surface area contributed by atoms with E-state index >= 15 is 0 Å². The lowest BCUT2D eigenvalue weighted by Crippen LogP contribution is -2.48. The Morgan fingerprint density at radius 1 is 1.37 bits per heavy atom. The molecule has 27 heavy (non-hydrogen) atoms. The molecule has 0 aromatic heterocycles. The van der Waals surface area contributed by atoms with Crippen molar-refractivity contribution >= 4 is 17.5 Å². The fraction of sp³-hybridized carbons (Fsp3) is 0.476. The number of cyclic esters (lactones) is 1. The van der Waals surface area contributed by atoms with Crippen LogP contribution in [0.3, 0.4) is 0 Å². The molecule has 0 saturated carbocycles. The number of ether oxygens (including phenoxy) is 1. The number of rotatable bonds is 8. The standard InChI is InChI=1S/C21H28FN3O2/c1-14(2)19-18(15-8-5-4-6-9-15)25-21(3,20(26)27-19)13-7-10-16(22)11-12-17(23)24/h4-6,8-10,14,19H,7,11-13H2,1-3H3,(H3,23,24)/b16-10+/t19-,21+/m1/s1. The van der Waals surface area contributed by atoms with E-state index in [2.05, 4.69) is 0 Å². The third-order valence-electron chi connectivity index (χ3n) is 4.62. The molecule has 1 aromatic carbocycles. The van der Waals surface area contributed by atoms with Crippen LogP contribution < -0.4 is 5.73 Å². The molecule has 1 heterocycles. The van der Waals surface area contributed by atoms with Gasteiger partial charge in [0.2, 0.25) is 0 Å². The van der Waals surface area contributed by atoms with Gasteiger partial charge in [0.15, 0.2) is 5.54 Å². The van der Waals surface area contributed by atoms with Gasteiger partial charge in [0.25, 0.3) is 0 Å². The van der Waals surface area contributed by atoms with Crippen molar-refractivity contribution < 1.29 is 13.9 Å². The predicted molar refractivity (Wildman–Crippen MR) is 106 cm³/mol. The number of hydrogen-bond donors (Lipinski definition) is 2. The third-order valence-corrected chi connectivity index (χ3v) is 4.62. The molecule has 1 aliphatic rings. The number of nitrogens with two attached hydrogens (primary N) is 1. The van der Waals surface area contributed by atoms with Crippen LogP contribution >= 0.6 is 0 Å². The van der Waals surface area contributed by atoms with Crippen LogP contribution in [0.4, 0.5) is 4.39 Å². The summed E-state index contributed by atoms with van der Waals surface area (Å²) in [5.74, 6) is -0.650. The number of nitrogens with one attached hydrogen (secondary N) is 1. The molecule has 3 N–H and O–H groups in total. The molecule has 6 heteroatoms. The van der Waals surface area contributed by atoms with Gasteiger partial charge in [-0.2, -0.15) is 0 Å². The number of carbonyl (C=O) groups excluding carboxylic acids is 1. The molecule has 0 fully saturated rings. The van der Waals surface area contributed by atoms with Crippen LogP contribution in [0.5, 0.6) is 0 Å². The summed E-state index contributed by atoms with van der Waals surface area (Å²) in [4.78, 5) is 17.4. The van der Waals surface area contributed by atoms with Gasteiger partial charge in [0, 0.05) is 12.8 Å². The number of nitrogens with zero attached hydrogens (tertiary/aromatic N) is 1. The average molecular weight is 373 g/mol. The third kappa shape index (κ3) is 5.49. The van der Waals surface area contributed by atoms with E-state index in [1.165, 1.54) is 6.08 Å². The van der Waals surface area contributed by atoms with Gasteiger partial charge in [-0.15, -0.1) is 0 Å². The van der Waals surface area contributed by atoms with Crippen molar-refractivity contribution in [2.75, 3.05) is 0 Å². The molecule has 5 nitrogen and oxygen atoms in total. The Bertz CT molecular complexity index is 743. The highest BCUT2D eigenvalue weighted by Crippen LogP contribution is 2.30. The molecular weight excluding hydrogens is 345 g/mol. The zero-order valence-electron chi connectivity index (χ0n) is 16.2. The molecule has 0 saturated heterocycles. The van der Waals surface area contributed by atoms with Crippen molar-refractivity contribution in [3.8, 4) is 0 Å². The largest absolute Gasteiger partial charge is 0.454 e. The minimum atomic E-state index is -1.05. The Morgan fingerprint density at radius 3 is 2.63 bits per heavy atom. The summed E-state index contributed by atoms with van der Waals surface area (Å²) < 4.78 is 19.5. The molecule has 0 unspecified atom stereocenters. The summed E-state index contributed by atoms with van der Waals surface area (Å²) >= 11 is 0. The molecule has 0 bridgehead atoms. The average Bonchev–Trinajstić information content (AvgIpc) is 2.62. The first-order valence-electron chi connectivity index (χ1n) is 9.26. The van der Waals surface area contributed by atoms with E-state index in [0.29, 0.717) is 12.8 Å². The van der Waals surface area contributed by atoms with Gasteiger partial charge >= 0.3 is 5.97 Å². The first-order chi connectivity index (χ1) is 12.7. The first-order valence-corrected chi connectivity index (χ1v) is 9.26. The van der Waals surface area contributed by atoms with Crippen LogP contribution in [0, 0.1) is 11.3 Å². The van der Waals surface area contributed by atoms with Crippen LogP contribution in [0.1, 0.15) is 52.0 Å². The van der Waals surface area contributed by atoms with E-state index < -0.39 is 11.6 Å². The highest BCUT2D eigenvalue weighted by molar-refractivity contribution is 6.08. The van der Waals surface area contributed by atoms with Crippen LogP contribution in [-0.4, -0.2) is 29.2 Å². The molecule has 0 amide bonds. The summed E-state index contributed by atoms with van der Waals surface area (Å²) in [6, 6.07) is 9.69. The van der Waals surface area contributed by atoms with Gasteiger partial charge in [-0.1, -0.05) is 50.3 Å². The SMILES string of the molecule is CC(C)[C@H]1OC(=O)[C@](C)(CC/C=C(/F)CCC(=N)N)N=C1c1ccccc1. The Hall–Kier alpha value is -2.50. The highest BCUT2D eigenvalue weighted by Gasteiger charge is 2.42. The summed E-state index contributed by atoms with van der Waals surface area (Å²) in [6.45, 7) is 5.72. The summed E-state index contributed by atoms with van der Waals surface area (Å²) in [5, 5.41) is 7.14. The van der Waals surface area contributed by atoms with Crippen LogP contribution in [0.2, 0.25) is 0 Å². The molecule has 1 aromatic rings. The van der Waals surface area contributed by atoms with E-state index in [0.717, 1.165) is 11.3 Å². The van der Waals surface area contributed by atoms with Gasteiger partial charge in [0.05, 0.1) is 17.4 Å². The Kier molecular flexibility index (Phi) is 6.88. The second-order valence-corrected chi connectivity index (χ2v) is 7.42. The summed E-state index contributed by atoms with van der Waals surface area (Å²) in [5.41, 5.74) is 5.88. The van der Waals surface area contributed by atoms with Crippen molar-refractivity contribution in [2.45, 2.75) is 58.1 Å². The Balaban J connectivity index is 2.21. The molecule has 0 spiro atoms. The fourth-order valence-corrected chi connectivity index (χ4v) is 2.99. The van der Waals surface area contributed by atoms with Crippen LogP contribution in [0.25, 0.3) is 0 Å². The number of amidine groups is 1. The molecule has 2 rings (SSSR count). The Morgan fingerprint density at radius 2 is 2.04 bits per heavy atom.